The molecular formula is C15H19Cl2N3O2. The standard InChI is InChI=1S/C15H19Cl2N3O2/c1-9(18-2)7-19-15(22)10-3-14(21)20(8-10)13-5-11(16)4-12(17)6-13/h4-6,9-10,18H,3,7-8H2,1-2H3,(H,19,22). The highest BCUT2D eigenvalue weighted by Crippen LogP contribution is 2.30. The molecule has 0 saturated carbocycles. The van der Waals surface area contributed by atoms with Crippen molar-refractivity contribution in [1.82, 2.24) is 10.6 Å². The van der Waals surface area contributed by atoms with Crippen LogP contribution in [0.4, 0.5) is 5.69 Å². The fraction of sp³-hybridized carbons (Fsp3) is 0.467. The van der Waals surface area contributed by atoms with Gasteiger partial charge in [0.15, 0.2) is 0 Å². The summed E-state index contributed by atoms with van der Waals surface area (Å²) in [4.78, 5) is 25.9. The Morgan fingerprint density at radius 2 is 2.00 bits per heavy atom. The molecular weight excluding hydrogens is 325 g/mol. The summed E-state index contributed by atoms with van der Waals surface area (Å²) in [6, 6.07) is 5.14. The van der Waals surface area contributed by atoms with Crippen LogP contribution in [0.5, 0.6) is 0 Å². The zero-order chi connectivity index (χ0) is 16.3. The van der Waals surface area contributed by atoms with Gasteiger partial charge in [-0.05, 0) is 32.2 Å². The van der Waals surface area contributed by atoms with Crippen molar-refractivity contribution in [2.24, 2.45) is 5.92 Å². The lowest BCUT2D eigenvalue weighted by atomic mass is 10.1. The minimum atomic E-state index is -0.352. The predicted octanol–water partition coefficient (Wildman–Crippen LogP) is 2.07. The van der Waals surface area contributed by atoms with Crippen LogP contribution < -0.4 is 15.5 Å². The minimum Gasteiger partial charge on any atom is -0.354 e. The van der Waals surface area contributed by atoms with Gasteiger partial charge >= 0.3 is 0 Å². The molecule has 1 heterocycles. The summed E-state index contributed by atoms with van der Waals surface area (Å²) >= 11 is 11.9. The summed E-state index contributed by atoms with van der Waals surface area (Å²) in [6.45, 7) is 2.85. The molecule has 1 saturated heterocycles. The van der Waals surface area contributed by atoms with E-state index in [2.05, 4.69) is 10.6 Å². The molecule has 2 unspecified atom stereocenters. The number of nitrogens with zero attached hydrogens (tertiary/aromatic N) is 1. The minimum absolute atomic E-state index is 0.0971. The first kappa shape index (κ1) is 17.1. The molecule has 2 amide bonds. The van der Waals surface area contributed by atoms with Gasteiger partial charge in [0.05, 0.1) is 5.92 Å². The number of hydrogen-bond acceptors (Lipinski definition) is 3. The van der Waals surface area contributed by atoms with E-state index in [4.69, 9.17) is 23.2 Å². The van der Waals surface area contributed by atoms with Crippen molar-refractivity contribution in [3.8, 4) is 0 Å². The van der Waals surface area contributed by atoms with Crippen molar-refractivity contribution in [3.05, 3.63) is 28.2 Å². The fourth-order valence-corrected chi connectivity index (χ4v) is 2.84. The van der Waals surface area contributed by atoms with E-state index in [1.54, 1.807) is 23.1 Å². The van der Waals surface area contributed by atoms with Gasteiger partial charge in [0.25, 0.3) is 0 Å². The van der Waals surface area contributed by atoms with Crippen LogP contribution in [0.3, 0.4) is 0 Å². The van der Waals surface area contributed by atoms with Gasteiger partial charge in [-0.1, -0.05) is 23.2 Å². The number of hydrogen-bond donors (Lipinski definition) is 2. The molecule has 1 aromatic rings. The number of nitrogens with one attached hydrogen (secondary N) is 2. The van der Waals surface area contributed by atoms with Gasteiger partial charge < -0.3 is 15.5 Å². The summed E-state index contributed by atoms with van der Waals surface area (Å²) < 4.78 is 0. The maximum atomic E-state index is 12.2. The molecule has 120 valence electrons. The second-order valence-electron chi connectivity index (χ2n) is 5.47. The number of anilines is 1. The fourth-order valence-electron chi connectivity index (χ4n) is 2.33. The van der Waals surface area contributed by atoms with Crippen LogP contribution in [0.25, 0.3) is 0 Å². The molecule has 1 fully saturated rings. The number of benzene rings is 1. The number of halogens is 2. The van der Waals surface area contributed by atoms with Crippen LogP contribution >= 0.6 is 23.2 Å². The number of likely N-dealkylation sites (N-methyl/N-ethyl adjacent to an activating group) is 1. The highest BCUT2D eigenvalue weighted by Gasteiger charge is 2.35. The van der Waals surface area contributed by atoms with Crippen molar-refractivity contribution in [2.75, 3.05) is 25.0 Å². The monoisotopic (exact) mass is 343 g/mol. The average molecular weight is 344 g/mol. The highest BCUT2D eigenvalue weighted by molar-refractivity contribution is 6.35. The maximum absolute atomic E-state index is 12.2. The Bertz CT molecular complexity index is 560. The third kappa shape index (κ3) is 4.12. The Kier molecular flexibility index (Phi) is 5.67. The van der Waals surface area contributed by atoms with Crippen LogP contribution in [0.1, 0.15) is 13.3 Å². The van der Waals surface area contributed by atoms with Gasteiger partial charge in [0.1, 0.15) is 0 Å². The summed E-state index contributed by atoms with van der Waals surface area (Å²) in [6.07, 6.45) is 0.198. The Hall–Kier alpha value is -1.30. The number of carbonyl (C=O) groups is 2. The zero-order valence-electron chi connectivity index (χ0n) is 12.5. The van der Waals surface area contributed by atoms with Gasteiger partial charge in [0, 0.05) is 41.3 Å². The van der Waals surface area contributed by atoms with Gasteiger partial charge in [-0.15, -0.1) is 0 Å². The SMILES string of the molecule is CNC(C)CNC(=O)C1CC(=O)N(c2cc(Cl)cc(Cl)c2)C1. The van der Waals surface area contributed by atoms with E-state index in [1.807, 2.05) is 14.0 Å². The van der Waals surface area contributed by atoms with Crippen molar-refractivity contribution < 1.29 is 9.59 Å². The van der Waals surface area contributed by atoms with Crippen LogP contribution in [-0.2, 0) is 9.59 Å². The van der Waals surface area contributed by atoms with E-state index in [0.717, 1.165) is 0 Å². The molecule has 2 N–H and O–H groups in total. The Morgan fingerprint density at radius 3 is 2.59 bits per heavy atom. The van der Waals surface area contributed by atoms with E-state index in [1.165, 1.54) is 0 Å². The summed E-state index contributed by atoms with van der Waals surface area (Å²) in [7, 11) is 1.83. The van der Waals surface area contributed by atoms with Crippen LogP contribution in [0.15, 0.2) is 18.2 Å². The average Bonchev–Trinajstić information content (AvgIpc) is 2.85. The summed E-state index contributed by atoms with van der Waals surface area (Å²) in [5, 5.41) is 6.83. The molecule has 2 rings (SSSR count). The molecule has 0 spiro atoms. The first-order chi connectivity index (χ1) is 10.4. The van der Waals surface area contributed by atoms with Crippen LogP contribution in [0, 0.1) is 5.92 Å². The first-order valence-electron chi connectivity index (χ1n) is 7.12. The van der Waals surface area contributed by atoms with Crippen molar-refractivity contribution >= 4 is 40.7 Å². The Balaban J connectivity index is 2.02. The molecule has 5 nitrogen and oxygen atoms in total. The van der Waals surface area contributed by atoms with Crippen LogP contribution in [0.2, 0.25) is 10.0 Å². The molecule has 1 aliphatic heterocycles. The zero-order valence-corrected chi connectivity index (χ0v) is 14.0. The lowest BCUT2D eigenvalue weighted by molar-refractivity contribution is -0.126. The lowest BCUT2D eigenvalue weighted by Gasteiger charge is -2.18. The molecule has 7 heteroatoms. The largest absolute Gasteiger partial charge is 0.354 e. The molecule has 22 heavy (non-hydrogen) atoms. The van der Waals surface area contributed by atoms with E-state index in [-0.39, 0.29) is 30.2 Å². The summed E-state index contributed by atoms with van der Waals surface area (Å²) in [5.74, 6) is -0.555. The Labute approximate surface area is 139 Å². The molecule has 0 aromatic heterocycles. The van der Waals surface area contributed by atoms with Gasteiger partial charge in [-0.25, -0.2) is 0 Å². The van der Waals surface area contributed by atoms with E-state index in [0.29, 0.717) is 28.8 Å². The molecule has 0 radical (unpaired) electrons. The molecule has 0 aliphatic carbocycles. The predicted molar refractivity (Wildman–Crippen MR) is 88.5 cm³/mol. The third-order valence-electron chi connectivity index (χ3n) is 3.73. The van der Waals surface area contributed by atoms with E-state index >= 15 is 0 Å². The van der Waals surface area contributed by atoms with Gasteiger partial charge in [0.2, 0.25) is 11.8 Å². The molecule has 1 aliphatic rings. The number of amides is 2. The number of rotatable bonds is 5. The second kappa shape index (κ2) is 7.31. The van der Waals surface area contributed by atoms with Crippen molar-refractivity contribution in [3.63, 3.8) is 0 Å². The molecule has 0 bridgehead atoms. The maximum Gasteiger partial charge on any atom is 0.227 e. The van der Waals surface area contributed by atoms with E-state index in [9.17, 15) is 9.59 Å². The van der Waals surface area contributed by atoms with Gasteiger partial charge in [-0.3, -0.25) is 9.59 Å². The Morgan fingerprint density at radius 1 is 1.36 bits per heavy atom. The lowest BCUT2D eigenvalue weighted by Crippen LogP contribution is -2.40. The normalized spacial score (nSPS) is 19.4. The quantitative estimate of drug-likeness (QED) is 0.860. The topological polar surface area (TPSA) is 61.4 Å². The van der Waals surface area contributed by atoms with Crippen molar-refractivity contribution in [2.45, 2.75) is 19.4 Å². The smallest absolute Gasteiger partial charge is 0.227 e. The van der Waals surface area contributed by atoms with Crippen LogP contribution in [-0.4, -0.2) is 38.0 Å². The second-order valence-corrected chi connectivity index (χ2v) is 6.34. The van der Waals surface area contributed by atoms with E-state index < -0.39 is 0 Å². The summed E-state index contributed by atoms with van der Waals surface area (Å²) in [5.41, 5.74) is 0.626. The van der Waals surface area contributed by atoms with Gasteiger partial charge in [-0.2, -0.15) is 0 Å². The first-order valence-corrected chi connectivity index (χ1v) is 7.87. The highest BCUT2D eigenvalue weighted by atomic mass is 35.5. The number of carbonyl (C=O) groups excluding carboxylic acids is 2. The third-order valence-corrected chi connectivity index (χ3v) is 4.17. The molecule has 2 atom stereocenters. The molecule has 1 aromatic carbocycles. The van der Waals surface area contributed by atoms with Crippen molar-refractivity contribution in [1.29, 1.82) is 0 Å².